The molecule has 3 heterocycles. The molecule has 29 heavy (non-hydrogen) atoms. The zero-order chi connectivity index (χ0) is 21.3. The third kappa shape index (κ3) is 4.40. The van der Waals surface area contributed by atoms with Crippen LogP contribution in [0.2, 0.25) is 0 Å². The fourth-order valence-corrected chi connectivity index (χ4v) is 2.99. The quantitative estimate of drug-likeness (QED) is 0.564. The predicted octanol–water partition coefficient (Wildman–Crippen LogP) is 2.39. The van der Waals surface area contributed by atoms with Crippen LogP contribution in [0.5, 0.6) is 0 Å². The number of rotatable bonds is 7. The molecule has 8 nitrogen and oxygen atoms in total. The van der Waals surface area contributed by atoms with Gasteiger partial charge in [0.25, 0.3) is 5.91 Å². The second kappa shape index (κ2) is 7.82. The van der Waals surface area contributed by atoms with E-state index in [1.54, 1.807) is 15.4 Å². The lowest BCUT2D eigenvalue weighted by molar-refractivity contribution is -0.00177. The van der Waals surface area contributed by atoms with Gasteiger partial charge in [0.15, 0.2) is 0 Å². The summed E-state index contributed by atoms with van der Waals surface area (Å²) in [4.78, 5) is 12.7. The lowest BCUT2D eigenvalue weighted by Gasteiger charge is -2.23. The Kier molecular flexibility index (Phi) is 5.61. The molecular formula is C20H27FN6O2. The number of hydrogen-bond acceptors (Lipinski definition) is 5. The topological polar surface area (TPSA) is 96.5 Å². The summed E-state index contributed by atoms with van der Waals surface area (Å²) in [6, 6.07) is 3.89. The van der Waals surface area contributed by atoms with Crippen LogP contribution in [-0.4, -0.2) is 54.8 Å². The number of aryl methyl sites for hydroxylation is 1. The molecule has 0 aliphatic heterocycles. The van der Waals surface area contributed by atoms with Crippen LogP contribution in [0.25, 0.3) is 16.8 Å². The van der Waals surface area contributed by atoms with Gasteiger partial charge in [-0.1, -0.05) is 0 Å². The Balaban J connectivity index is 1.98. The maximum atomic E-state index is 14.0. The van der Waals surface area contributed by atoms with Gasteiger partial charge in [-0.3, -0.25) is 9.48 Å². The van der Waals surface area contributed by atoms with E-state index < -0.39 is 17.7 Å². The fraction of sp³-hybridized carbons (Fsp3) is 0.450. The standard InChI is InChI=1S/C20H27FN6O2/c1-12(2)25-18-14(19(28)22-10-17(21)20(3,4)29)9-24-27-11-13(8-16(18)27)15-6-7-23-26(15)5/h6-9,11-12,17,25,29H,10H2,1-5H3,(H,22,28)/t17-/m1/s1. The number of carbonyl (C=O) groups is 1. The molecule has 3 aromatic heterocycles. The normalized spacial score (nSPS) is 13.1. The number of halogens is 1. The van der Waals surface area contributed by atoms with Crippen LogP contribution in [0, 0.1) is 0 Å². The molecule has 156 valence electrons. The number of hydrogen-bond donors (Lipinski definition) is 3. The third-order valence-electron chi connectivity index (χ3n) is 4.64. The Labute approximate surface area is 168 Å². The summed E-state index contributed by atoms with van der Waals surface area (Å²) in [5.41, 5.74) is 1.94. The van der Waals surface area contributed by atoms with Crippen molar-refractivity contribution in [1.29, 1.82) is 0 Å². The van der Waals surface area contributed by atoms with Crippen molar-refractivity contribution in [3.63, 3.8) is 0 Å². The molecule has 0 radical (unpaired) electrons. The number of alkyl halides is 1. The van der Waals surface area contributed by atoms with E-state index in [0.29, 0.717) is 11.3 Å². The lowest BCUT2D eigenvalue weighted by Crippen LogP contribution is -2.42. The smallest absolute Gasteiger partial charge is 0.255 e. The van der Waals surface area contributed by atoms with Crippen LogP contribution in [0.4, 0.5) is 10.1 Å². The Hall–Kier alpha value is -2.94. The van der Waals surface area contributed by atoms with Gasteiger partial charge >= 0.3 is 0 Å². The number of anilines is 1. The maximum absolute atomic E-state index is 14.0. The third-order valence-corrected chi connectivity index (χ3v) is 4.64. The molecule has 0 bridgehead atoms. The van der Waals surface area contributed by atoms with E-state index >= 15 is 0 Å². The minimum Gasteiger partial charge on any atom is -0.387 e. The summed E-state index contributed by atoms with van der Waals surface area (Å²) in [5, 5.41) is 24.1. The zero-order valence-corrected chi connectivity index (χ0v) is 17.3. The summed E-state index contributed by atoms with van der Waals surface area (Å²) in [6.07, 6.45) is 3.45. The molecule has 0 fully saturated rings. The number of amides is 1. The van der Waals surface area contributed by atoms with Gasteiger partial charge in [0.05, 0.1) is 40.8 Å². The molecule has 9 heteroatoms. The van der Waals surface area contributed by atoms with E-state index in [-0.39, 0.29) is 12.6 Å². The van der Waals surface area contributed by atoms with Gasteiger partial charge in [0.2, 0.25) is 0 Å². The Morgan fingerprint density at radius 2 is 2.07 bits per heavy atom. The highest BCUT2D eigenvalue weighted by Crippen LogP contribution is 2.28. The molecule has 3 rings (SSSR count). The molecule has 0 saturated carbocycles. The highest BCUT2D eigenvalue weighted by Gasteiger charge is 2.27. The molecule has 0 saturated heterocycles. The molecule has 3 aromatic rings. The van der Waals surface area contributed by atoms with Crippen molar-refractivity contribution in [3.05, 3.63) is 36.3 Å². The lowest BCUT2D eigenvalue weighted by atomic mass is 10.0. The average molecular weight is 402 g/mol. The number of aromatic nitrogens is 4. The van der Waals surface area contributed by atoms with Gasteiger partial charge in [0, 0.05) is 31.0 Å². The maximum Gasteiger partial charge on any atom is 0.255 e. The average Bonchev–Trinajstić information content (AvgIpc) is 3.24. The first kappa shape index (κ1) is 20.8. The monoisotopic (exact) mass is 402 g/mol. The van der Waals surface area contributed by atoms with E-state index in [9.17, 15) is 14.3 Å². The Morgan fingerprint density at radius 3 is 2.66 bits per heavy atom. The van der Waals surface area contributed by atoms with E-state index in [0.717, 1.165) is 16.8 Å². The van der Waals surface area contributed by atoms with Crippen molar-refractivity contribution in [2.75, 3.05) is 11.9 Å². The summed E-state index contributed by atoms with van der Waals surface area (Å²) < 4.78 is 17.5. The molecule has 3 N–H and O–H groups in total. The molecule has 0 aliphatic carbocycles. The number of nitrogens with one attached hydrogen (secondary N) is 2. The van der Waals surface area contributed by atoms with Crippen LogP contribution in [0.1, 0.15) is 38.1 Å². The van der Waals surface area contributed by atoms with Crippen molar-refractivity contribution in [2.24, 2.45) is 7.05 Å². The highest BCUT2D eigenvalue weighted by atomic mass is 19.1. The summed E-state index contributed by atoms with van der Waals surface area (Å²) in [6.45, 7) is 6.37. The first-order valence-corrected chi connectivity index (χ1v) is 9.49. The minimum atomic E-state index is -1.59. The van der Waals surface area contributed by atoms with Gasteiger partial charge in [-0.25, -0.2) is 8.91 Å². The molecule has 0 aromatic carbocycles. The van der Waals surface area contributed by atoms with Crippen LogP contribution in [-0.2, 0) is 7.05 Å². The molecular weight excluding hydrogens is 375 g/mol. The zero-order valence-electron chi connectivity index (χ0n) is 17.3. The second-order valence-electron chi connectivity index (χ2n) is 7.96. The summed E-state index contributed by atoms with van der Waals surface area (Å²) in [7, 11) is 1.85. The number of fused-ring (bicyclic) bond motifs is 1. The SMILES string of the molecule is CC(C)Nc1c(C(=O)NC[C@@H](F)C(C)(C)O)cnn2cc(-c3ccnn3C)cc12. The number of nitrogens with zero attached hydrogens (tertiary/aromatic N) is 4. The number of carbonyl (C=O) groups excluding carboxylic acids is 1. The van der Waals surface area contributed by atoms with E-state index in [1.165, 1.54) is 20.0 Å². The van der Waals surface area contributed by atoms with E-state index in [2.05, 4.69) is 20.8 Å². The first-order valence-electron chi connectivity index (χ1n) is 9.49. The van der Waals surface area contributed by atoms with E-state index in [4.69, 9.17) is 0 Å². The molecule has 0 spiro atoms. The molecule has 0 unspecified atom stereocenters. The van der Waals surface area contributed by atoms with Gasteiger partial charge in [-0.05, 0) is 39.8 Å². The van der Waals surface area contributed by atoms with Crippen molar-refractivity contribution in [3.8, 4) is 11.3 Å². The first-order chi connectivity index (χ1) is 13.6. The van der Waals surface area contributed by atoms with Crippen LogP contribution in [0.15, 0.2) is 30.7 Å². The highest BCUT2D eigenvalue weighted by molar-refractivity contribution is 6.03. The molecule has 1 amide bonds. The Morgan fingerprint density at radius 1 is 1.34 bits per heavy atom. The summed E-state index contributed by atoms with van der Waals surface area (Å²) in [5.74, 6) is -0.460. The Bertz CT molecular complexity index is 1020. The van der Waals surface area contributed by atoms with Crippen molar-refractivity contribution in [2.45, 2.75) is 45.5 Å². The number of aliphatic hydroxyl groups is 1. The minimum absolute atomic E-state index is 0.0631. The second-order valence-corrected chi connectivity index (χ2v) is 7.96. The van der Waals surface area contributed by atoms with Crippen LogP contribution in [0.3, 0.4) is 0 Å². The van der Waals surface area contributed by atoms with Gasteiger partial charge in [0.1, 0.15) is 6.17 Å². The van der Waals surface area contributed by atoms with Crippen LogP contribution >= 0.6 is 0 Å². The van der Waals surface area contributed by atoms with Crippen molar-refractivity contribution in [1.82, 2.24) is 24.7 Å². The van der Waals surface area contributed by atoms with Crippen molar-refractivity contribution < 1.29 is 14.3 Å². The summed E-state index contributed by atoms with van der Waals surface area (Å²) >= 11 is 0. The molecule has 0 aliphatic rings. The van der Waals surface area contributed by atoms with Crippen LogP contribution < -0.4 is 10.6 Å². The van der Waals surface area contributed by atoms with Gasteiger partial charge in [-0.15, -0.1) is 0 Å². The molecule has 1 atom stereocenters. The van der Waals surface area contributed by atoms with Crippen molar-refractivity contribution >= 4 is 17.1 Å². The van der Waals surface area contributed by atoms with Gasteiger partial charge < -0.3 is 15.7 Å². The fourth-order valence-electron chi connectivity index (χ4n) is 2.99. The largest absolute Gasteiger partial charge is 0.387 e. The predicted molar refractivity (Wildman–Crippen MR) is 110 cm³/mol. The van der Waals surface area contributed by atoms with E-state index in [1.807, 2.05) is 39.2 Å². The van der Waals surface area contributed by atoms with Gasteiger partial charge in [-0.2, -0.15) is 10.2 Å².